The van der Waals surface area contributed by atoms with Crippen LogP contribution in [-0.2, 0) is 9.47 Å². The Kier molecular flexibility index (Phi) is 12.1. The number of ether oxygens (including phenoxy) is 4. The number of halogens is 2. The molecular weight excluding hydrogens is 746 g/mol. The number of anilines is 2. The van der Waals surface area contributed by atoms with E-state index in [-0.39, 0.29) is 41.7 Å². The van der Waals surface area contributed by atoms with E-state index in [1.54, 1.807) is 12.4 Å². The van der Waals surface area contributed by atoms with Crippen LogP contribution >= 0.6 is 0 Å². The highest BCUT2D eigenvalue weighted by atomic mass is 19.1. The Labute approximate surface area is 328 Å². The molecule has 17 heteroatoms. The van der Waals surface area contributed by atoms with Crippen LogP contribution in [0.1, 0.15) is 48.1 Å². The molecule has 5 aliphatic heterocycles. The lowest BCUT2D eigenvalue weighted by Crippen LogP contribution is -2.45. The van der Waals surface area contributed by atoms with Gasteiger partial charge in [-0.1, -0.05) is 0 Å². The van der Waals surface area contributed by atoms with Crippen LogP contribution in [-0.4, -0.2) is 142 Å². The second-order valence-electron chi connectivity index (χ2n) is 15.0. The number of piperazine rings is 2. The summed E-state index contributed by atoms with van der Waals surface area (Å²) in [4.78, 5) is 45.3. The van der Waals surface area contributed by atoms with Gasteiger partial charge in [-0.2, -0.15) is 0 Å². The number of pyridine rings is 2. The third-order valence-electron chi connectivity index (χ3n) is 11.1. The summed E-state index contributed by atoms with van der Waals surface area (Å²) < 4.78 is 57.0. The maximum atomic E-state index is 15.2. The Bertz CT molecular complexity index is 2240. The van der Waals surface area contributed by atoms with Crippen molar-refractivity contribution in [2.45, 2.75) is 32.2 Å². The average molecular weight is 797 g/mol. The van der Waals surface area contributed by atoms with Crippen molar-refractivity contribution in [2.75, 3.05) is 116 Å². The van der Waals surface area contributed by atoms with Gasteiger partial charge in [-0.3, -0.25) is 14.4 Å². The molecule has 7 heterocycles. The minimum atomic E-state index is -0.695. The summed E-state index contributed by atoms with van der Waals surface area (Å²) in [5, 5.41) is 15.8. The molecule has 2 N–H and O–H groups in total. The van der Waals surface area contributed by atoms with Gasteiger partial charge in [0.15, 0.2) is 46.6 Å². The van der Waals surface area contributed by atoms with E-state index in [1.165, 1.54) is 12.1 Å². The van der Waals surface area contributed by atoms with E-state index in [0.29, 0.717) is 90.7 Å². The van der Waals surface area contributed by atoms with Crippen LogP contribution in [0.5, 0.6) is 11.5 Å². The van der Waals surface area contributed by atoms with Crippen molar-refractivity contribution in [3.8, 4) is 11.5 Å². The highest BCUT2D eigenvalue weighted by Crippen LogP contribution is 2.44. The molecule has 3 fully saturated rings. The lowest BCUT2D eigenvalue weighted by Gasteiger charge is -2.37. The van der Waals surface area contributed by atoms with E-state index in [1.807, 2.05) is 39.8 Å². The first kappa shape index (κ1) is 40.5. The number of aliphatic hydroxyl groups excluding tert-OH is 2. The van der Waals surface area contributed by atoms with Gasteiger partial charge in [0.25, 0.3) is 0 Å². The Morgan fingerprint density at radius 3 is 1.58 bits per heavy atom. The molecule has 308 valence electrons. The number of aliphatic hydroxyl groups is 2. The van der Waals surface area contributed by atoms with E-state index >= 15 is 4.39 Å². The van der Waals surface area contributed by atoms with Crippen LogP contribution in [0.2, 0.25) is 0 Å². The second kappa shape index (κ2) is 17.1. The van der Waals surface area contributed by atoms with Crippen molar-refractivity contribution < 1.29 is 42.7 Å². The largest absolute Gasteiger partial charge is 0.487 e. The monoisotopic (exact) mass is 796 g/mol. The number of rotatable bonds is 5. The van der Waals surface area contributed by atoms with Gasteiger partial charge in [0.05, 0.1) is 71.4 Å². The maximum absolute atomic E-state index is 15.2. The zero-order valence-corrected chi connectivity index (χ0v) is 32.7. The first-order valence-electron chi connectivity index (χ1n) is 19.3. The van der Waals surface area contributed by atoms with Gasteiger partial charge in [0.1, 0.15) is 24.6 Å². The number of likely N-dealkylation sites (N-methyl/N-ethyl adjacent to an activating group) is 2. The summed E-state index contributed by atoms with van der Waals surface area (Å²) in [6.45, 7) is 11.6. The molecule has 0 saturated carbocycles. The topological polar surface area (TPSA) is 151 Å². The van der Waals surface area contributed by atoms with Crippen molar-refractivity contribution in [1.82, 2.24) is 18.9 Å². The summed E-state index contributed by atoms with van der Waals surface area (Å²) in [7, 11) is 4.09. The minimum absolute atomic E-state index is 0.0153. The zero-order valence-electron chi connectivity index (χ0n) is 32.7. The fourth-order valence-electron chi connectivity index (χ4n) is 7.91. The summed E-state index contributed by atoms with van der Waals surface area (Å²) in [6, 6.07) is 2.58. The number of aldehydes is 1. The first-order chi connectivity index (χ1) is 27.5. The Hall–Kier alpha value is -4.65. The van der Waals surface area contributed by atoms with Gasteiger partial charge in [-0.25, -0.2) is 8.78 Å². The smallest absolute Gasteiger partial charge is 0.200 e. The van der Waals surface area contributed by atoms with Crippen LogP contribution in [0, 0.1) is 11.6 Å². The van der Waals surface area contributed by atoms with Crippen molar-refractivity contribution >= 4 is 39.5 Å². The molecule has 2 aromatic heterocycles. The fourth-order valence-corrected chi connectivity index (χ4v) is 7.91. The van der Waals surface area contributed by atoms with Crippen molar-refractivity contribution in [1.29, 1.82) is 0 Å². The van der Waals surface area contributed by atoms with E-state index in [4.69, 9.17) is 29.2 Å². The molecule has 0 amide bonds. The van der Waals surface area contributed by atoms with E-state index in [0.717, 1.165) is 39.3 Å². The maximum Gasteiger partial charge on any atom is 0.200 e. The van der Waals surface area contributed by atoms with Crippen LogP contribution in [0.15, 0.2) is 34.1 Å². The molecular formula is C40H50F2N6O9. The highest BCUT2D eigenvalue weighted by molar-refractivity contribution is 5.95. The lowest BCUT2D eigenvalue weighted by atomic mass is 10.0. The van der Waals surface area contributed by atoms with Gasteiger partial charge in [-0.15, -0.1) is 0 Å². The molecule has 57 heavy (non-hydrogen) atoms. The standard InChI is InChI=1S/C20H24FN3O4.C18H20FN3O3.C2H6O2/c1-12-11-28-19-16-13(9-15(21)17(19)23-5-3-22(2)4-6-23)18(25)14(10-24(12)16)20-26-7-8-27-20;1-11-10-25-18-15-13(17(24)12(9-23)8-22(11)15)7-14(19)16(18)21-5-3-20(2)4-6-21;3-1-2-4/h9-10,12,20H,3-8,11H2,1-2H3;7-9,11H,3-6,10H2,1-2H3;3-4H,1-2H2/t12-;11-;/m00./s1. The van der Waals surface area contributed by atoms with Crippen LogP contribution in [0.4, 0.5) is 20.2 Å². The predicted octanol–water partition coefficient (Wildman–Crippen LogP) is 2.52. The highest BCUT2D eigenvalue weighted by Gasteiger charge is 2.33. The quantitative estimate of drug-likeness (QED) is 0.285. The van der Waals surface area contributed by atoms with Crippen LogP contribution in [0.25, 0.3) is 21.8 Å². The van der Waals surface area contributed by atoms with Crippen LogP contribution in [0.3, 0.4) is 0 Å². The van der Waals surface area contributed by atoms with Gasteiger partial charge >= 0.3 is 0 Å². The van der Waals surface area contributed by atoms with Gasteiger partial charge < -0.3 is 57.9 Å². The van der Waals surface area contributed by atoms with Crippen molar-refractivity contribution in [3.05, 3.63) is 67.7 Å². The second-order valence-corrected chi connectivity index (χ2v) is 15.0. The minimum Gasteiger partial charge on any atom is -0.487 e. The average Bonchev–Trinajstić information content (AvgIpc) is 3.75. The molecule has 4 aromatic rings. The number of hydrogen-bond donors (Lipinski definition) is 2. The number of carbonyl (C=O) groups is 1. The zero-order chi connectivity index (χ0) is 40.5. The number of aromatic nitrogens is 2. The van der Waals surface area contributed by atoms with Crippen molar-refractivity contribution in [3.63, 3.8) is 0 Å². The summed E-state index contributed by atoms with van der Waals surface area (Å²) in [5.74, 6) is -0.0225. The third kappa shape index (κ3) is 7.71. The number of nitrogens with zero attached hydrogens (tertiary/aromatic N) is 6. The third-order valence-corrected chi connectivity index (χ3v) is 11.1. The normalized spacial score (nSPS) is 21.1. The van der Waals surface area contributed by atoms with Gasteiger partial charge in [-0.05, 0) is 40.1 Å². The van der Waals surface area contributed by atoms with Crippen LogP contribution < -0.4 is 30.1 Å². The summed E-state index contributed by atoms with van der Waals surface area (Å²) in [6.07, 6.45) is 3.18. The molecule has 3 saturated heterocycles. The molecule has 9 rings (SSSR count). The molecule has 0 unspecified atom stereocenters. The molecule has 0 spiro atoms. The molecule has 15 nitrogen and oxygen atoms in total. The van der Waals surface area contributed by atoms with Crippen molar-refractivity contribution in [2.24, 2.45) is 0 Å². The number of benzene rings is 2. The molecule has 0 radical (unpaired) electrons. The summed E-state index contributed by atoms with van der Waals surface area (Å²) in [5.41, 5.74) is 1.84. The van der Waals surface area contributed by atoms with Gasteiger partial charge in [0, 0.05) is 64.8 Å². The molecule has 2 atom stereocenters. The Morgan fingerprint density at radius 2 is 1.14 bits per heavy atom. The SMILES string of the molecule is C[C@H]1COc2c(N3CCN(C)CC3)c(F)cc3c(=O)c(C4OCCO4)cn1c23.C[C@H]1COc2c(N3CCN(C)CC3)c(F)cc3c(=O)c(C=O)cn1c23.OCCO. The first-order valence-corrected chi connectivity index (χ1v) is 19.3. The Morgan fingerprint density at radius 1 is 0.702 bits per heavy atom. The molecule has 2 aromatic carbocycles. The summed E-state index contributed by atoms with van der Waals surface area (Å²) >= 11 is 0. The number of carbonyl (C=O) groups excluding carboxylic acids is 1. The molecule has 0 aliphatic carbocycles. The van der Waals surface area contributed by atoms with E-state index < -0.39 is 23.4 Å². The van der Waals surface area contributed by atoms with E-state index in [2.05, 4.69) is 16.8 Å². The number of hydrogen-bond acceptors (Lipinski definition) is 13. The molecule has 5 aliphatic rings. The fraction of sp³-hybridized carbons (Fsp3) is 0.525. The Balaban J connectivity index is 0.000000160. The predicted molar refractivity (Wildman–Crippen MR) is 210 cm³/mol. The van der Waals surface area contributed by atoms with Gasteiger partial charge in [0.2, 0.25) is 0 Å². The molecule has 0 bridgehead atoms. The lowest BCUT2D eigenvalue weighted by molar-refractivity contribution is -0.0452. The van der Waals surface area contributed by atoms with E-state index in [9.17, 15) is 18.8 Å².